The van der Waals surface area contributed by atoms with Crippen molar-refractivity contribution in [3.05, 3.63) is 12.7 Å². The number of carbonyl (C=O) groups is 1. The Balaban J connectivity index is 1.46. The lowest BCUT2D eigenvalue weighted by Crippen LogP contribution is -2.42. The monoisotopic (exact) mass is 700 g/mol. The van der Waals surface area contributed by atoms with Crippen LogP contribution in [-0.4, -0.2) is 94.8 Å². The highest BCUT2D eigenvalue weighted by molar-refractivity contribution is 7.66. The highest BCUT2D eigenvalue weighted by Gasteiger charge is 2.42. The smallest absolute Gasteiger partial charge is 0.390 e. The molecule has 7 N–H and O–H groups in total. The Morgan fingerprint density at radius 3 is 2.34 bits per heavy atom. The van der Waals surface area contributed by atoms with Crippen LogP contribution in [0.5, 0.6) is 0 Å². The molecule has 3 heterocycles. The van der Waals surface area contributed by atoms with E-state index >= 15 is 0 Å². The number of amides is 1. The van der Waals surface area contributed by atoms with Crippen LogP contribution >= 0.6 is 23.5 Å². The molecule has 19 nitrogen and oxygen atoms in total. The molecule has 1 aliphatic heterocycles. The van der Waals surface area contributed by atoms with Crippen LogP contribution in [0.1, 0.15) is 38.1 Å². The number of imidazole rings is 1. The summed E-state index contributed by atoms with van der Waals surface area (Å²) in [4.78, 5) is 59.5. The van der Waals surface area contributed by atoms with E-state index in [1.54, 1.807) is 4.57 Å². The second-order valence-electron chi connectivity index (χ2n) is 9.36. The number of phosphoric acid groups is 3. The van der Waals surface area contributed by atoms with Crippen LogP contribution in [0.3, 0.4) is 0 Å². The fourth-order valence-electron chi connectivity index (χ4n) is 4.03. The van der Waals surface area contributed by atoms with Crippen LogP contribution in [0.15, 0.2) is 12.7 Å². The SMILES string of the molecule is O=C(NCCCCCCNc1ncnc2c1ncn2C1COC(COP(=O)(O)OP(=O)(O)OP(=O)(O)O)C(O)C1)C(F)(F)F. The number of hydrogen-bond acceptors (Lipinski definition) is 13. The summed E-state index contributed by atoms with van der Waals surface area (Å²) in [7, 11) is -16.6. The van der Waals surface area contributed by atoms with Gasteiger partial charge in [-0.25, -0.2) is 28.6 Å². The van der Waals surface area contributed by atoms with Crippen molar-refractivity contribution < 1.29 is 74.2 Å². The van der Waals surface area contributed by atoms with E-state index in [9.17, 15) is 46.6 Å². The molecule has 0 aromatic carbocycles. The topological polar surface area (TPSA) is 274 Å². The maximum atomic E-state index is 12.2. The molecule has 5 atom stereocenters. The molecule has 44 heavy (non-hydrogen) atoms. The molecule has 0 saturated carbocycles. The van der Waals surface area contributed by atoms with E-state index in [1.165, 1.54) is 12.7 Å². The number of aliphatic hydroxyl groups excluding tert-OH is 1. The summed E-state index contributed by atoms with van der Waals surface area (Å²) >= 11 is 0. The summed E-state index contributed by atoms with van der Waals surface area (Å²) in [5.74, 6) is -1.55. The lowest BCUT2D eigenvalue weighted by molar-refractivity contribution is -0.173. The molecular weight excluding hydrogens is 670 g/mol. The molecule has 0 bridgehead atoms. The van der Waals surface area contributed by atoms with E-state index in [1.807, 2.05) is 5.32 Å². The number of aromatic nitrogens is 4. The van der Waals surface area contributed by atoms with Crippen molar-refractivity contribution in [1.82, 2.24) is 24.8 Å². The molecular formula is C19H30F3N6O13P3. The van der Waals surface area contributed by atoms with Gasteiger partial charge in [0.15, 0.2) is 11.5 Å². The standard InChI is InChI=1S/C19H30F3N6O13P3/c20-19(21,22)18(30)24-6-4-2-1-3-5-23-16-15-17(26-10-25-16)28(11-27-15)12-7-13(29)14(38-8-12)9-39-43(34,35)41-44(36,37)40-42(31,32)33/h10-14,29H,1-9H2,(H,24,30)(H,34,35)(H,36,37)(H,23,25,26)(H2,31,32,33). The van der Waals surface area contributed by atoms with Crippen molar-refractivity contribution in [2.24, 2.45) is 0 Å². The molecule has 1 saturated heterocycles. The van der Waals surface area contributed by atoms with E-state index in [2.05, 4.69) is 33.4 Å². The molecule has 0 aliphatic carbocycles. The lowest BCUT2D eigenvalue weighted by atomic mass is 10.0. The van der Waals surface area contributed by atoms with Crippen LogP contribution in [0, 0.1) is 0 Å². The molecule has 0 spiro atoms. The maximum Gasteiger partial charge on any atom is 0.490 e. The second-order valence-corrected chi connectivity index (χ2v) is 13.8. The fraction of sp³-hybridized carbons (Fsp3) is 0.684. The number of aliphatic hydroxyl groups is 1. The molecule has 2 aromatic rings. The minimum Gasteiger partial charge on any atom is -0.390 e. The average molecular weight is 700 g/mol. The van der Waals surface area contributed by atoms with Crippen molar-refractivity contribution in [2.45, 2.75) is 56.5 Å². The third-order valence-corrected chi connectivity index (χ3v) is 9.76. The van der Waals surface area contributed by atoms with Gasteiger partial charge >= 0.3 is 35.6 Å². The number of ether oxygens (including phenoxy) is 1. The van der Waals surface area contributed by atoms with Crippen LogP contribution in [-0.2, 0) is 36.4 Å². The van der Waals surface area contributed by atoms with Gasteiger partial charge in [0.1, 0.15) is 17.9 Å². The minimum atomic E-state index is -5.69. The number of halogens is 3. The summed E-state index contributed by atoms with van der Waals surface area (Å²) in [5.41, 5.74) is 0.807. The van der Waals surface area contributed by atoms with Crippen LogP contribution < -0.4 is 10.6 Å². The predicted molar refractivity (Wildman–Crippen MR) is 141 cm³/mol. The van der Waals surface area contributed by atoms with Crippen molar-refractivity contribution in [3.63, 3.8) is 0 Å². The zero-order valence-electron chi connectivity index (χ0n) is 22.5. The molecule has 1 aliphatic rings. The first-order valence-electron chi connectivity index (χ1n) is 12.7. The number of rotatable bonds is 16. The number of unbranched alkanes of at least 4 members (excludes halogenated alkanes) is 3. The van der Waals surface area contributed by atoms with E-state index in [-0.39, 0.29) is 19.6 Å². The Labute approximate surface area is 246 Å². The first kappa shape index (κ1) is 36.4. The van der Waals surface area contributed by atoms with Crippen molar-refractivity contribution in [2.75, 3.05) is 31.6 Å². The molecule has 1 amide bonds. The highest BCUT2D eigenvalue weighted by Crippen LogP contribution is 2.66. The van der Waals surface area contributed by atoms with Gasteiger partial charge in [-0.2, -0.15) is 21.8 Å². The molecule has 250 valence electrons. The number of nitrogens with one attached hydrogen (secondary N) is 2. The van der Waals surface area contributed by atoms with Crippen LogP contribution in [0.2, 0.25) is 0 Å². The Morgan fingerprint density at radius 1 is 1.02 bits per heavy atom. The van der Waals surface area contributed by atoms with Gasteiger partial charge in [-0.05, 0) is 19.3 Å². The van der Waals surface area contributed by atoms with E-state index in [0.717, 1.165) is 0 Å². The number of nitrogens with zero attached hydrogens (tertiary/aromatic N) is 4. The minimum absolute atomic E-state index is 0.0338. The summed E-state index contributed by atoms with van der Waals surface area (Å²) in [6.45, 7) is -0.468. The van der Waals surface area contributed by atoms with Crippen molar-refractivity contribution in [1.29, 1.82) is 0 Å². The number of hydrogen-bond donors (Lipinski definition) is 7. The zero-order chi connectivity index (χ0) is 32.8. The normalized spacial score (nSPS) is 22.3. The first-order chi connectivity index (χ1) is 20.4. The Morgan fingerprint density at radius 2 is 1.70 bits per heavy atom. The number of carbonyl (C=O) groups excluding carboxylic acids is 1. The van der Waals surface area contributed by atoms with Gasteiger partial charge < -0.3 is 44.6 Å². The predicted octanol–water partition coefficient (Wildman–Crippen LogP) is 1.51. The molecule has 3 rings (SSSR count). The summed E-state index contributed by atoms with van der Waals surface area (Å²) in [5, 5.41) is 15.5. The Bertz CT molecular complexity index is 1430. The lowest BCUT2D eigenvalue weighted by Gasteiger charge is -2.34. The molecule has 2 aromatic heterocycles. The van der Waals surface area contributed by atoms with Crippen molar-refractivity contribution >= 4 is 46.4 Å². The number of phosphoric ester groups is 1. The third-order valence-electron chi connectivity index (χ3n) is 5.95. The van der Waals surface area contributed by atoms with Gasteiger partial charge in [-0.3, -0.25) is 9.32 Å². The first-order valence-corrected chi connectivity index (χ1v) is 17.2. The quantitative estimate of drug-likeness (QED) is 0.0965. The van der Waals surface area contributed by atoms with Crippen molar-refractivity contribution in [3.8, 4) is 0 Å². The number of fused-ring (bicyclic) bond motifs is 1. The van der Waals surface area contributed by atoms with Gasteiger partial charge in [-0.15, -0.1) is 0 Å². The summed E-state index contributed by atoms with van der Waals surface area (Å²) < 4.78 is 89.5. The second kappa shape index (κ2) is 15.0. The van der Waals surface area contributed by atoms with Gasteiger partial charge in [0, 0.05) is 13.1 Å². The van der Waals surface area contributed by atoms with Gasteiger partial charge in [0.05, 0.1) is 31.7 Å². The largest absolute Gasteiger partial charge is 0.490 e. The third kappa shape index (κ3) is 11.4. The maximum absolute atomic E-state index is 12.2. The number of anilines is 1. The van der Waals surface area contributed by atoms with E-state index in [0.29, 0.717) is 49.2 Å². The fourth-order valence-corrected chi connectivity index (χ4v) is 7.06. The highest BCUT2D eigenvalue weighted by atomic mass is 31.3. The molecule has 0 radical (unpaired) electrons. The zero-order valence-corrected chi connectivity index (χ0v) is 25.2. The van der Waals surface area contributed by atoms with Gasteiger partial charge in [0.25, 0.3) is 0 Å². The van der Waals surface area contributed by atoms with E-state index in [4.69, 9.17) is 14.5 Å². The van der Waals surface area contributed by atoms with Crippen LogP contribution in [0.4, 0.5) is 19.0 Å². The average Bonchev–Trinajstić information content (AvgIpc) is 3.31. The van der Waals surface area contributed by atoms with Gasteiger partial charge in [0.2, 0.25) is 0 Å². The summed E-state index contributed by atoms with van der Waals surface area (Å²) in [6.07, 6.45) is -2.28. The Kier molecular flexibility index (Phi) is 12.4. The summed E-state index contributed by atoms with van der Waals surface area (Å²) in [6, 6.07) is -0.502. The molecule has 1 fully saturated rings. The van der Waals surface area contributed by atoms with Crippen LogP contribution in [0.25, 0.3) is 11.2 Å². The Hall–Kier alpha value is -2.06. The molecule has 25 heteroatoms. The van der Waals surface area contributed by atoms with Gasteiger partial charge in [-0.1, -0.05) is 12.8 Å². The number of alkyl halides is 3. The van der Waals surface area contributed by atoms with E-state index < -0.39 is 60.4 Å². The molecule has 5 unspecified atom stereocenters.